The first-order valence-corrected chi connectivity index (χ1v) is 8.16. The number of benzene rings is 1. The van der Waals surface area contributed by atoms with Gasteiger partial charge in [-0.3, -0.25) is 4.90 Å². The Morgan fingerprint density at radius 2 is 1.86 bits per heavy atom. The SMILES string of the molecule is CC(C)(C)NCCc1ccccc1CN1CCCOCC1. The Hall–Kier alpha value is -0.900. The summed E-state index contributed by atoms with van der Waals surface area (Å²) in [4.78, 5) is 2.52. The third-order valence-corrected chi connectivity index (χ3v) is 3.88. The third kappa shape index (κ3) is 6.16. The van der Waals surface area contributed by atoms with E-state index in [0.29, 0.717) is 0 Å². The summed E-state index contributed by atoms with van der Waals surface area (Å²) in [5.41, 5.74) is 3.13. The standard InChI is InChI=1S/C18H30N2O/c1-18(2,3)19-10-9-16-7-4-5-8-17(16)15-20-11-6-13-21-14-12-20/h4-5,7-8,19H,6,9-15H2,1-3H3. The predicted molar refractivity (Wildman–Crippen MR) is 88.6 cm³/mol. The molecule has 0 aromatic heterocycles. The van der Waals surface area contributed by atoms with Crippen LogP contribution >= 0.6 is 0 Å². The summed E-state index contributed by atoms with van der Waals surface area (Å²) >= 11 is 0. The van der Waals surface area contributed by atoms with Crippen LogP contribution in [0.4, 0.5) is 0 Å². The molecule has 0 amide bonds. The number of rotatable bonds is 5. The van der Waals surface area contributed by atoms with Crippen LogP contribution in [-0.2, 0) is 17.7 Å². The van der Waals surface area contributed by atoms with E-state index in [2.05, 4.69) is 55.3 Å². The lowest BCUT2D eigenvalue weighted by atomic mass is 10.0. The van der Waals surface area contributed by atoms with Crippen molar-refractivity contribution in [3.8, 4) is 0 Å². The van der Waals surface area contributed by atoms with Gasteiger partial charge in [0.15, 0.2) is 0 Å². The van der Waals surface area contributed by atoms with Crippen molar-refractivity contribution in [3.05, 3.63) is 35.4 Å². The average molecular weight is 290 g/mol. The molecule has 3 heteroatoms. The summed E-state index contributed by atoms with van der Waals surface area (Å²) in [6, 6.07) is 8.86. The fourth-order valence-corrected chi connectivity index (χ4v) is 2.72. The van der Waals surface area contributed by atoms with E-state index in [4.69, 9.17) is 4.74 Å². The fraction of sp³-hybridized carbons (Fsp3) is 0.667. The van der Waals surface area contributed by atoms with Gasteiger partial charge in [0.05, 0.1) is 6.61 Å². The van der Waals surface area contributed by atoms with E-state index in [0.717, 1.165) is 52.2 Å². The highest BCUT2D eigenvalue weighted by molar-refractivity contribution is 5.27. The molecule has 0 atom stereocenters. The maximum Gasteiger partial charge on any atom is 0.0593 e. The Balaban J connectivity index is 1.92. The summed E-state index contributed by atoms with van der Waals surface area (Å²) in [6.07, 6.45) is 2.24. The first-order chi connectivity index (χ1) is 10.0. The molecule has 0 radical (unpaired) electrons. The Morgan fingerprint density at radius 1 is 1.10 bits per heavy atom. The van der Waals surface area contributed by atoms with Crippen molar-refractivity contribution in [2.75, 3.05) is 32.8 Å². The van der Waals surface area contributed by atoms with Crippen LogP contribution in [0.5, 0.6) is 0 Å². The summed E-state index contributed by atoms with van der Waals surface area (Å²) in [5.74, 6) is 0. The van der Waals surface area contributed by atoms with Crippen molar-refractivity contribution < 1.29 is 4.74 Å². The molecule has 21 heavy (non-hydrogen) atoms. The van der Waals surface area contributed by atoms with Gasteiger partial charge in [0.2, 0.25) is 0 Å². The summed E-state index contributed by atoms with van der Waals surface area (Å²) in [5, 5.41) is 3.58. The highest BCUT2D eigenvalue weighted by Gasteiger charge is 2.12. The van der Waals surface area contributed by atoms with Gasteiger partial charge < -0.3 is 10.1 Å². The van der Waals surface area contributed by atoms with Gasteiger partial charge >= 0.3 is 0 Å². The Labute approximate surface area is 129 Å². The molecule has 0 aliphatic carbocycles. The fourth-order valence-electron chi connectivity index (χ4n) is 2.72. The Kier molecular flexibility index (Phi) is 6.22. The molecule has 118 valence electrons. The van der Waals surface area contributed by atoms with E-state index in [1.165, 1.54) is 11.1 Å². The maximum absolute atomic E-state index is 5.54. The molecule has 1 saturated heterocycles. The van der Waals surface area contributed by atoms with E-state index >= 15 is 0 Å². The molecule has 0 spiro atoms. The molecule has 1 heterocycles. The monoisotopic (exact) mass is 290 g/mol. The van der Waals surface area contributed by atoms with Crippen LogP contribution in [0.1, 0.15) is 38.3 Å². The van der Waals surface area contributed by atoms with Gasteiger partial charge in [-0.25, -0.2) is 0 Å². The number of nitrogens with zero attached hydrogens (tertiary/aromatic N) is 1. The van der Waals surface area contributed by atoms with Crippen LogP contribution in [0, 0.1) is 0 Å². The molecule has 3 nitrogen and oxygen atoms in total. The Bertz CT molecular complexity index is 417. The molecule has 2 rings (SSSR count). The molecule has 1 aliphatic rings. The second-order valence-corrected chi connectivity index (χ2v) is 6.94. The highest BCUT2D eigenvalue weighted by Crippen LogP contribution is 2.14. The summed E-state index contributed by atoms with van der Waals surface area (Å²) < 4.78 is 5.54. The molecular formula is C18H30N2O. The molecule has 1 aromatic rings. The zero-order valence-electron chi connectivity index (χ0n) is 13.8. The van der Waals surface area contributed by atoms with Gasteiger partial charge in [-0.1, -0.05) is 24.3 Å². The van der Waals surface area contributed by atoms with Crippen LogP contribution < -0.4 is 5.32 Å². The average Bonchev–Trinajstić information content (AvgIpc) is 2.68. The first kappa shape index (κ1) is 16.5. The van der Waals surface area contributed by atoms with E-state index < -0.39 is 0 Å². The molecule has 0 saturated carbocycles. The van der Waals surface area contributed by atoms with Crippen molar-refractivity contribution in [2.24, 2.45) is 0 Å². The van der Waals surface area contributed by atoms with Crippen LogP contribution in [0.15, 0.2) is 24.3 Å². The smallest absolute Gasteiger partial charge is 0.0593 e. The lowest BCUT2D eigenvalue weighted by molar-refractivity contribution is 0.140. The zero-order valence-corrected chi connectivity index (χ0v) is 13.8. The molecule has 1 fully saturated rings. The lowest BCUT2D eigenvalue weighted by Crippen LogP contribution is -2.37. The van der Waals surface area contributed by atoms with Gasteiger partial charge in [-0.2, -0.15) is 0 Å². The van der Waals surface area contributed by atoms with Gasteiger partial charge in [0.1, 0.15) is 0 Å². The maximum atomic E-state index is 5.54. The van der Waals surface area contributed by atoms with Gasteiger partial charge in [0, 0.05) is 31.8 Å². The van der Waals surface area contributed by atoms with E-state index in [9.17, 15) is 0 Å². The second kappa shape index (κ2) is 7.92. The third-order valence-electron chi connectivity index (χ3n) is 3.88. The van der Waals surface area contributed by atoms with E-state index in [1.54, 1.807) is 0 Å². The van der Waals surface area contributed by atoms with Crippen LogP contribution in [0.2, 0.25) is 0 Å². The van der Waals surface area contributed by atoms with Crippen molar-refractivity contribution in [2.45, 2.75) is 45.7 Å². The molecule has 0 unspecified atom stereocenters. The topological polar surface area (TPSA) is 24.5 Å². The van der Waals surface area contributed by atoms with E-state index in [-0.39, 0.29) is 5.54 Å². The second-order valence-electron chi connectivity index (χ2n) is 6.94. The number of hydrogen-bond donors (Lipinski definition) is 1. The van der Waals surface area contributed by atoms with Crippen molar-refractivity contribution in [1.82, 2.24) is 10.2 Å². The zero-order chi connectivity index (χ0) is 15.1. The first-order valence-electron chi connectivity index (χ1n) is 8.16. The molecular weight excluding hydrogens is 260 g/mol. The minimum atomic E-state index is 0.192. The minimum absolute atomic E-state index is 0.192. The molecule has 1 N–H and O–H groups in total. The molecule has 0 bridgehead atoms. The van der Waals surface area contributed by atoms with Crippen LogP contribution in [-0.4, -0.2) is 43.3 Å². The minimum Gasteiger partial charge on any atom is -0.380 e. The van der Waals surface area contributed by atoms with Crippen molar-refractivity contribution >= 4 is 0 Å². The summed E-state index contributed by atoms with van der Waals surface area (Å²) in [6.45, 7) is 12.7. The van der Waals surface area contributed by atoms with E-state index in [1.807, 2.05) is 0 Å². The number of nitrogens with one attached hydrogen (secondary N) is 1. The largest absolute Gasteiger partial charge is 0.380 e. The predicted octanol–water partition coefficient (Wildman–Crippen LogP) is 2.84. The number of ether oxygens (including phenoxy) is 1. The summed E-state index contributed by atoms with van der Waals surface area (Å²) in [7, 11) is 0. The quantitative estimate of drug-likeness (QED) is 0.902. The van der Waals surface area contributed by atoms with Crippen LogP contribution in [0.25, 0.3) is 0 Å². The van der Waals surface area contributed by atoms with Crippen molar-refractivity contribution in [1.29, 1.82) is 0 Å². The van der Waals surface area contributed by atoms with Gasteiger partial charge in [0.25, 0.3) is 0 Å². The number of hydrogen-bond acceptors (Lipinski definition) is 3. The van der Waals surface area contributed by atoms with Crippen molar-refractivity contribution in [3.63, 3.8) is 0 Å². The molecule has 1 aliphatic heterocycles. The highest BCUT2D eigenvalue weighted by atomic mass is 16.5. The normalized spacial score (nSPS) is 17.7. The van der Waals surface area contributed by atoms with Gasteiger partial charge in [-0.05, 0) is 51.3 Å². The Morgan fingerprint density at radius 3 is 2.62 bits per heavy atom. The molecule has 1 aromatic carbocycles. The van der Waals surface area contributed by atoms with Gasteiger partial charge in [-0.15, -0.1) is 0 Å². The lowest BCUT2D eigenvalue weighted by Gasteiger charge is -2.23. The van der Waals surface area contributed by atoms with Crippen LogP contribution in [0.3, 0.4) is 0 Å².